The number of nitrogens with zero attached hydrogens (tertiary/aromatic N) is 1. The predicted octanol–water partition coefficient (Wildman–Crippen LogP) is 0.530. The van der Waals surface area contributed by atoms with Crippen LogP contribution in [0.25, 0.3) is 22.2 Å². The second-order valence-electron chi connectivity index (χ2n) is 6.49. The Kier molecular flexibility index (Phi) is 6.24. The topological polar surface area (TPSA) is 63.0 Å². The van der Waals surface area contributed by atoms with Gasteiger partial charge in [-0.2, -0.15) is 0 Å². The molecule has 2 aromatic carbocycles. The predicted molar refractivity (Wildman–Crippen MR) is 106 cm³/mol. The molecule has 146 valence electrons. The van der Waals surface area contributed by atoms with Gasteiger partial charge in [0.25, 0.3) is 5.78 Å². The van der Waals surface area contributed by atoms with Gasteiger partial charge in [-0.25, -0.2) is 9.36 Å². The van der Waals surface area contributed by atoms with Crippen molar-refractivity contribution in [3.05, 3.63) is 90.3 Å². The molecular weight excluding hydrogens is 432 g/mol. The van der Waals surface area contributed by atoms with E-state index in [2.05, 4.69) is 21.9 Å². The Hall–Kier alpha value is -3.25. The van der Waals surface area contributed by atoms with Crippen molar-refractivity contribution in [1.29, 1.82) is 0 Å². The van der Waals surface area contributed by atoms with Crippen molar-refractivity contribution in [2.24, 2.45) is 0 Å². The molecule has 4 aromatic rings. The lowest BCUT2D eigenvalue weighted by atomic mass is 10.0. The highest BCUT2D eigenvalue weighted by molar-refractivity contribution is 6.44. The Morgan fingerprint density at radius 1 is 0.966 bits per heavy atom. The van der Waals surface area contributed by atoms with Gasteiger partial charge in [0.05, 0.1) is 23.9 Å². The van der Waals surface area contributed by atoms with Gasteiger partial charge in [-0.1, -0.05) is 48.5 Å². The summed E-state index contributed by atoms with van der Waals surface area (Å²) in [5, 5.41) is 0.700. The maximum atomic E-state index is 12.7. The van der Waals surface area contributed by atoms with Gasteiger partial charge < -0.3 is 26.7 Å². The number of esters is 1. The molecule has 2 heterocycles. The number of fused-ring (bicyclic) bond motifs is 1. The number of H-pyrrole nitrogens is 1. The minimum atomic E-state index is -0.876. The highest BCUT2D eigenvalue weighted by atomic mass is 79.9. The summed E-state index contributed by atoms with van der Waals surface area (Å²) in [5.74, 6) is -1.53. The Labute approximate surface area is 178 Å². The number of nitrogens with one attached hydrogen (secondary N) is 1. The smallest absolute Gasteiger partial charge is 0.379 e. The van der Waals surface area contributed by atoms with E-state index in [1.807, 2.05) is 71.6 Å². The number of rotatable bonds is 5. The zero-order chi connectivity index (χ0) is 19.5. The molecule has 0 unspecified atom stereocenters. The van der Waals surface area contributed by atoms with E-state index in [9.17, 15) is 9.59 Å². The largest absolute Gasteiger partial charge is 1.00 e. The van der Waals surface area contributed by atoms with Crippen molar-refractivity contribution in [3.8, 4) is 11.3 Å². The lowest BCUT2D eigenvalue weighted by molar-refractivity contribution is -0.687. The lowest BCUT2D eigenvalue weighted by Gasteiger charge is -2.04. The van der Waals surface area contributed by atoms with Crippen molar-refractivity contribution in [3.63, 3.8) is 0 Å². The number of halogens is 1. The molecule has 0 radical (unpaired) electrons. The fraction of sp³-hybridized carbons (Fsp3) is 0.0870. The molecule has 0 bridgehead atoms. The Bertz CT molecular complexity index is 1170. The summed E-state index contributed by atoms with van der Waals surface area (Å²) in [6.45, 7) is 0.704. The summed E-state index contributed by atoms with van der Waals surface area (Å²) < 4.78 is 6.71. The quantitative estimate of drug-likeness (QED) is 0.209. The first-order valence-electron chi connectivity index (χ1n) is 8.94. The minimum absolute atomic E-state index is 0. The van der Waals surface area contributed by atoms with Crippen LogP contribution in [0.3, 0.4) is 0 Å². The summed E-state index contributed by atoms with van der Waals surface area (Å²) in [4.78, 5) is 28.0. The maximum absolute atomic E-state index is 12.7. The molecule has 0 amide bonds. The summed E-state index contributed by atoms with van der Waals surface area (Å²) in [5.41, 5.74) is 3.73. The maximum Gasteiger partial charge on any atom is 0.379 e. The molecule has 5 nitrogen and oxygen atoms in total. The minimum Gasteiger partial charge on any atom is -1.00 e. The number of Topliss-reactive ketones (excluding diaryl/α,β-unsaturated/α-hetero) is 1. The highest BCUT2D eigenvalue weighted by Crippen LogP contribution is 2.30. The van der Waals surface area contributed by atoms with Gasteiger partial charge in [0.2, 0.25) is 0 Å². The monoisotopic (exact) mass is 450 g/mol. The Morgan fingerprint density at radius 2 is 1.69 bits per heavy atom. The van der Waals surface area contributed by atoms with Gasteiger partial charge in [0.1, 0.15) is 0 Å². The zero-order valence-electron chi connectivity index (χ0n) is 15.8. The Balaban J connectivity index is 0.00000240. The molecule has 1 N–H and O–H groups in total. The summed E-state index contributed by atoms with van der Waals surface area (Å²) in [7, 11) is 1.21. The van der Waals surface area contributed by atoms with Gasteiger partial charge in [0, 0.05) is 22.5 Å². The van der Waals surface area contributed by atoms with Crippen LogP contribution < -0.4 is 21.5 Å². The summed E-state index contributed by atoms with van der Waals surface area (Å²) >= 11 is 0. The van der Waals surface area contributed by atoms with Crippen LogP contribution in [0, 0.1) is 0 Å². The van der Waals surface area contributed by atoms with Crippen LogP contribution in [0.2, 0.25) is 0 Å². The number of benzene rings is 2. The van der Waals surface area contributed by atoms with Crippen molar-refractivity contribution in [2.75, 3.05) is 7.11 Å². The second kappa shape index (κ2) is 8.84. The van der Waals surface area contributed by atoms with Crippen molar-refractivity contribution >= 4 is 22.7 Å². The Morgan fingerprint density at radius 3 is 2.45 bits per heavy atom. The van der Waals surface area contributed by atoms with Crippen LogP contribution in [-0.2, 0) is 16.1 Å². The number of aromatic amines is 1. The van der Waals surface area contributed by atoms with Crippen molar-refractivity contribution in [1.82, 2.24) is 4.98 Å². The standard InChI is InChI=1S/C23H18N2O3.BrH/c1-28-23(27)22(26)20-18-11-5-6-12-19(18)24-21(20)17-10-7-13-25(15-17)14-16-8-3-2-4-9-16;/h2-13,15H,14H2,1H3;1H. The molecule has 4 rings (SSSR count). The fourth-order valence-corrected chi connectivity index (χ4v) is 3.35. The van der Waals surface area contributed by atoms with Gasteiger partial charge in [-0.05, 0) is 12.1 Å². The van der Waals surface area contributed by atoms with Crippen LogP contribution in [0.1, 0.15) is 15.9 Å². The molecule has 0 aliphatic rings. The van der Waals surface area contributed by atoms with Gasteiger partial charge in [0.15, 0.2) is 18.9 Å². The number of pyridine rings is 1. The molecule has 0 saturated carbocycles. The summed E-state index contributed by atoms with van der Waals surface area (Å²) in [6.07, 6.45) is 3.94. The average molecular weight is 451 g/mol. The van der Waals surface area contributed by atoms with E-state index in [1.165, 1.54) is 12.7 Å². The number of ketones is 1. The molecule has 0 aliphatic heterocycles. The molecular formula is C23H19BrN2O3. The number of carbonyl (C=O) groups excluding carboxylic acids is 2. The van der Waals surface area contributed by atoms with Crippen molar-refractivity contribution in [2.45, 2.75) is 6.54 Å². The first kappa shape index (κ1) is 20.5. The molecule has 0 fully saturated rings. The third-order valence-electron chi connectivity index (χ3n) is 4.66. The van der Waals surface area contributed by atoms with Crippen molar-refractivity contribution < 1.29 is 35.9 Å². The molecule has 0 atom stereocenters. The van der Waals surface area contributed by atoms with Crippen LogP contribution in [0.15, 0.2) is 79.1 Å². The number of aromatic nitrogens is 2. The molecule has 0 spiro atoms. The molecule has 2 aromatic heterocycles. The SMILES string of the molecule is COC(=O)C(=O)c1c(-c2ccc[n+](Cc3ccccc3)c2)[nH]c2ccccc12.[Br-]. The number of ether oxygens (including phenoxy) is 1. The number of hydrogen-bond donors (Lipinski definition) is 1. The zero-order valence-corrected chi connectivity index (χ0v) is 17.3. The molecule has 0 aliphatic carbocycles. The average Bonchev–Trinajstić information content (AvgIpc) is 3.13. The van der Waals surface area contributed by atoms with E-state index in [1.54, 1.807) is 0 Å². The first-order valence-corrected chi connectivity index (χ1v) is 8.94. The van der Waals surface area contributed by atoms with Gasteiger partial charge in [-0.3, -0.25) is 4.79 Å². The van der Waals surface area contributed by atoms with Gasteiger partial charge in [-0.15, -0.1) is 0 Å². The van der Waals surface area contributed by atoms with E-state index in [4.69, 9.17) is 0 Å². The number of carbonyl (C=O) groups is 2. The van der Waals surface area contributed by atoms with E-state index in [0.717, 1.165) is 11.1 Å². The van der Waals surface area contributed by atoms with Crippen LogP contribution in [-0.4, -0.2) is 23.8 Å². The third kappa shape index (κ3) is 4.12. The van der Waals surface area contributed by atoms with E-state index < -0.39 is 11.8 Å². The third-order valence-corrected chi connectivity index (χ3v) is 4.66. The van der Waals surface area contributed by atoms with E-state index in [0.29, 0.717) is 23.2 Å². The van der Waals surface area contributed by atoms with Crippen LogP contribution >= 0.6 is 0 Å². The van der Waals surface area contributed by atoms with E-state index in [-0.39, 0.29) is 17.0 Å². The second-order valence-corrected chi connectivity index (χ2v) is 6.49. The lowest BCUT2D eigenvalue weighted by Crippen LogP contribution is -3.00. The number of para-hydroxylation sites is 1. The number of methoxy groups -OCH3 is 1. The highest BCUT2D eigenvalue weighted by Gasteiger charge is 2.26. The van der Waals surface area contributed by atoms with Crippen LogP contribution in [0.4, 0.5) is 0 Å². The fourth-order valence-electron chi connectivity index (χ4n) is 3.35. The first-order chi connectivity index (χ1) is 13.7. The van der Waals surface area contributed by atoms with Gasteiger partial charge >= 0.3 is 5.97 Å². The molecule has 29 heavy (non-hydrogen) atoms. The van der Waals surface area contributed by atoms with Crippen LogP contribution in [0.5, 0.6) is 0 Å². The molecule has 6 heteroatoms. The normalized spacial score (nSPS) is 10.4. The number of hydrogen-bond acceptors (Lipinski definition) is 3. The summed E-state index contributed by atoms with van der Waals surface area (Å²) in [6, 6.07) is 21.4. The van der Waals surface area contributed by atoms with E-state index >= 15 is 0 Å². The molecule has 0 saturated heterocycles.